The van der Waals surface area contributed by atoms with Crippen LogP contribution in [0.15, 0.2) is 50.9 Å². The average Bonchev–Trinajstić information content (AvgIpc) is 2.45. The maximum atomic E-state index is 11.4. The third-order valence-corrected chi connectivity index (χ3v) is 3.34. The van der Waals surface area contributed by atoms with Gasteiger partial charge in [0.15, 0.2) is 0 Å². The molecule has 0 radical (unpaired) electrons. The van der Waals surface area contributed by atoms with Crippen LogP contribution in [0.5, 0.6) is 0 Å². The summed E-state index contributed by atoms with van der Waals surface area (Å²) in [4.78, 5) is 11.4. The Morgan fingerprint density at radius 1 is 1.42 bits per heavy atom. The average molecular weight is 321 g/mol. The molecule has 0 fully saturated rings. The molecule has 0 unspecified atom stereocenters. The van der Waals surface area contributed by atoms with E-state index in [4.69, 9.17) is 0 Å². The van der Waals surface area contributed by atoms with E-state index in [0.717, 1.165) is 17.7 Å². The number of nitrogens with one attached hydrogen (secondary N) is 2. The largest absolute Gasteiger partial charge is 0.280 e. The molecule has 1 heterocycles. The van der Waals surface area contributed by atoms with Gasteiger partial charge < -0.3 is 0 Å². The van der Waals surface area contributed by atoms with Crippen LogP contribution in [0.3, 0.4) is 0 Å². The summed E-state index contributed by atoms with van der Waals surface area (Å²) in [6.07, 6.45) is 2.29. The molecule has 0 aliphatic carbocycles. The molecule has 2 N–H and O–H groups in total. The van der Waals surface area contributed by atoms with Gasteiger partial charge in [-0.1, -0.05) is 37.3 Å². The molecular formula is C13H13BrN4O. The lowest BCUT2D eigenvalue weighted by Crippen LogP contribution is -2.11. The minimum atomic E-state index is -0.294. The molecule has 0 bridgehead atoms. The summed E-state index contributed by atoms with van der Waals surface area (Å²) in [6.45, 7) is 2.03. The third kappa shape index (κ3) is 3.29. The molecule has 0 amide bonds. The van der Waals surface area contributed by atoms with Crippen LogP contribution in [0, 0.1) is 0 Å². The number of aromatic nitrogens is 2. The van der Waals surface area contributed by atoms with Gasteiger partial charge in [-0.2, -0.15) is 10.2 Å². The molecule has 19 heavy (non-hydrogen) atoms. The van der Waals surface area contributed by atoms with Crippen LogP contribution in [0.25, 0.3) is 0 Å². The number of H-pyrrole nitrogens is 1. The van der Waals surface area contributed by atoms with Crippen molar-refractivity contribution in [1.29, 1.82) is 0 Å². The molecule has 1 aromatic heterocycles. The number of halogens is 1. The van der Waals surface area contributed by atoms with Gasteiger partial charge in [0.2, 0.25) is 0 Å². The minimum absolute atomic E-state index is 0.294. The highest BCUT2D eigenvalue weighted by Gasteiger charge is 2.04. The molecule has 1 aromatic carbocycles. The number of aromatic amines is 1. The lowest BCUT2D eigenvalue weighted by Gasteiger charge is -2.06. The van der Waals surface area contributed by atoms with Gasteiger partial charge in [-0.15, -0.1) is 0 Å². The summed E-state index contributed by atoms with van der Waals surface area (Å²) < 4.78 is 0.384. The zero-order valence-electron chi connectivity index (χ0n) is 10.4. The topological polar surface area (TPSA) is 70.1 Å². The first kappa shape index (κ1) is 13.5. The smallest absolute Gasteiger partial charge is 0.275 e. The van der Waals surface area contributed by atoms with E-state index < -0.39 is 0 Å². The third-order valence-electron chi connectivity index (χ3n) is 2.55. The molecule has 0 spiro atoms. The number of anilines is 1. The summed E-state index contributed by atoms with van der Waals surface area (Å²) in [5.74, 6) is 0. The SMILES string of the molecule is CC/C(=N\Nc1cn[nH]c(=O)c1Br)c1ccccc1. The van der Waals surface area contributed by atoms with E-state index in [9.17, 15) is 4.79 Å². The van der Waals surface area contributed by atoms with E-state index in [-0.39, 0.29) is 5.56 Å². The van der Waals surface area contributed by atoms with Gasteiger partial charge in [0.25, 0.3) is 5.56 Å². The van der Waals surface area contributed by atoms with Crippen molar-refractivity contribution in [3.05, 3.63) is 56.9 Å². The fourth-order valence-corrected chi connectivity index (χ4v) is 1.85. The normalized spacial score (nSPS) is 11.4. The Labute approximate surface area is 118 Å². The summed E-state index contributed by atoms with van der Waals surface area (Å²) in [7, 11) is 0. The van der Waals surface area contributed by atoms with Crippen LogP contribution in [0.2, 0.25) is 0 Å². The van der Waals surface area contributed by atoms with Gasteiger partial charge in [0, 0.05) is 0 Å². The number of hydrogen-bond donors (Lipinski definition) is 2. The van der Waals surface area contributed by atoms with E-state index in [1.54, 1.807) is 0 Å². The fraction of sp³-hybridized carbons (Fsp3) is 0.154. The summed E-state index contributed by atoms with van der Waals surface area (Å²) in [5, 5.41) is 10.4. The second-order valence-electron chi connectivity index (χ2n) is 3.82. The molecule has 5 nitrogen and oxygen atoms in total. The monoisotopic (exact) mass is 320 g/mol. The lowest BCUT2D eigenvalue weighted by atomic mass is 10.1. The molecule has 98 valence electrons. The van der Waals surface area contributed by atoms with Gasteiger partial charge in [-0.25, -0.2) is 5.10 Å². The highest BCUT2D eigenvalue weighted by molar-refractivity contribution is 9.10. The standard InChI is InChI=1S/C13H13BrN4O/c1-2-10(9-6-4-3-5-7-9)16-17-11-8-15-18-13(19)12(11)14/h3-8H,2H2,1H3,(H2,17,18,19)/b16-10+. The van der Waals surface area contributed by atoms with Gasteiger partial charge in [-0.05, 0) is 27.9 Å². The minimum Gasteiger partial charge on any atom is -0.275 e. The molecule has 0 aliphatic rings. The quantitative estimate of drug-likeness (QED) is 0.672. The van der Waals surface area contributed by atoms with E-state index in [0.29, 0.717) is 10.2 Å². The van der Waals surface area contributed by atoms with Gasteiger partial charge >= 0.3 is 0 Å². The lowest BCUT2D eigenvalue weighted by molar-refractivity contribution is 0.976. The second-order valence-corrected chi connectivity index (χ2v) is 4.61. The van der Waals surface area contributed by atoms with Crippen molar-refractivity contribution < 1.29 is 0 Å². The van der Waals surface area contributed by atoms with E-state index in [1.807, 2.05) is 37.3 Å². The predicted octanol–water partition coefficient (Wildman–Crippen LogP) is 2.76. The van der Waals surface area contributed by atoms with Crippen molar-refractivity contribution in [3.63, 3.8) is 0 Å². The fourth-order valence-electron chi connectivity index (χ4n) is 1.57. The molecule has 2 aromatic rings. The summed E-state index contributed by atoms with van der Waals surface area (Å²) >= 11 is 3.19. The maximum Gasteiger partial charge on any atom is 0.280 e. The maximum absolute atomic E-state index is 11.4. The first-order chi connectivity index (χ1) is 9.22. The van der Waals surface area contributed by atoms with Gasteiger partial charge in [0.1, 0.15) is 4.47 Å². The van der Waals surface area contributed by atoms with Gasteiger partial charge in [0.05, 0.1) is 17.6 Å². The Bertz CT molecular complexity index is 637. The zero-order valence-corrected chi connectivity index (χ0v) is 11.9. The van der Waals surface area contributed by atoms with Crippen molar-refractivity contribution in [2.45, 2.75) is 13.3 Å². The van der Waals surface area contributed by atoms with E-state index in [1.165, 1.54) is 6.20 Å². The van der Waals surface area contributed by atoms with Crippen molar-refractivity contribution in [1.82, 2.24) is 10.2 Å². The molecular weight excluding hydrogens is 308 g/mol. The molecule has 0 saturated heterocycles. The Hall–Kier alpha value is -1.95. The Morgan fingerprint density at radius 2 is 2.16 bits per heavy atom. The summed E-state index contributed by atoms with van der Waals surface area (Å²) in [5.41, 5.74) is 5.06. The Morgan fingerprint density at radius 3 is 2.84 bits per heavy atom. The van der Waals surface area contributed by atoms with Crippen molar-refractivity contribution >= 4 is 27.3 Å². The number of rotatable bonds is 4. The molecule has 0 aliphatic heterocycles. The Balaban J connectivity index is 2.26. The predicted molar refractivity (Wildman–Crippen MR) is 79.5 cm³/mol. The highest BCUT2D eigenvalue weighted by atomic mass is 79.9. The highest BCUT2D eigenvalue weighted by Crippen LogP contribution is 2.15. The van der Waals surface area contributed by atoms with Crippen LogP contribution < -0.4 is 11.0 Å². The molecule has 6 heteroatoms. The van der Waals surface area contributed by atoms with Gasteiger partial charge in [-0.3, -0.25) is 10.2 Å². The number of hydrazone groups is 1. The van der Waals surface area contributed by atoms with Crippen LogP contribution in [0.1, 0.15) is 18.9 Å². The number of hydrogen-bond acceptors (Lipinski definition) is 4. The van der Waals surface area contributed by atoms with Crippen molar-refractivity contribution in [2.75, 3.05) is 5.43 Å². The number of nitrogens with zero attached hydrogens (tertiary/aromatic N) is 2. The zero-order chi connectivity index (χ0) is 13.7. The van der Waals surface area contributed by atoms with Crippen LogP contribution >= 0.6 is 15.9 Å². The first-order valence-electron chi connectivity index (χ1n) is 5.83. The molecule has 0 atom stereocenters. The van der Waals surface area contributed by atoms with Crippen molar-refractivity contribution in [3.8, 4) is 0 Å². The van der Waals surface area contributed by atoms with Crippen molar-refractivity contribution in [2.24, 2.45) is 5.10 Å². The van der Waals surface area contributed by atoms with E-state index in [2.05, 4.69) is 36.7 Å². The van der Waals surface area contributed by atoms with E-state index >= 15 is 0 Å². The van der Waals surface area contributed by atoms with Crippen LogP contribution in [-0.2, 0) is 0 Å². The molecule has 0 saturated carbocycles. The summed E-state index contributed by atoms with van der Waals surface area (Å²) in [6, 6.07) is 9.88. The van der Waals surface area contributed by atoms with Crippen LogP contribution in [0.4, 0.5) is 5.69 Å². The second kappa shape index (κ2) is 6.29. The molecule has 2 rings (SSSR count). The van der Waals surface area contributed by atoms with Crippen LogP contribution in [-0.4, -0.2) is 15.9 Å². The Kier molecular flexibility index (Phi) is 4.46. The number of benzene rings is 1. The first-order valence-corrected chi connectivity index (χ1v) is 6.63.